The minimum atomic E-state index is -0.423. The molecule has 2 heterocycles. The van der Waals surface area contributed by atoms with Crippen molar-refractivity contribution < 1.29 is 14.3 Å². The van der Waals surface area contributed by atoms with Crippen molar-refractivity contribution in [2.24, 2.45) is 0 Å². The van der Waals surface area contributed by atoms with Gasteiger partial charge < -0.3 is 19.3 Å². The van der Waals surface area contributed by atoms with Gasteiger partial charge in [-0.2, -0.15) is 0 Å². The zero-order chi connectivity index (χ0) is 17.9. The summed E-state index contributed by atoms with van der Waals surface area (Å²) in [4.78, 5) is 17.0. The van der Waals surface area contributed by atoms with Crippen LogP contribution in [-0.2, 0) is 22.5 Å². The summed E-state index contributed by atoms with van der Waals surface area (Å²) in [7, 11) is 1.85. The molecule has 2 aliphatic rings. The van der Waals surface area contributed by atoms with Gasteiger partial charge in [-0.15, -0.1) is 0 Å². The lowest BCUT2D eigenvalue weighted by molar-refractivity contribution is -0.137. The van der Waals surface area contributed by atoms with Crippen molar-refractivity contribution in [3.05, 3.63) is 59.7 Å². The summed E-state index contributed by atoms with van der Waals surface area (Å²) < 4.78 is 11.3. The van der Waals surface area contributed by atoms with Crippen molar-refractivity contribution in [1.29, 1.82) is 0 Å². The number of benzene rings is 2. The normalized spacial score (nSPS) is 19.0. The first-order valence-electron chi connectivity index (χ1n) is 9.12. The molecule has 1 unspecified atom stereocenters. The highest BCUT2D eigenvalue weighted by atomic mass is 16.5. The second-order valence-electron chi connectivity index (χ2n) is 6.84. The lowest BCUT2D eigenvalue weighted by atomic mass is 10.1. The first-order valence-corrected chi connectivity index (χ1v) is 9.12. The maximum atomic E-state index is 12.9. The molecule has 5 nitrogen and oxygen atoms in total. The summed E-state index contributed by atoms with van der Waals surface area (Å²) in [5.41, 5.74) is 3.44. The Kier molecular flexibility index (Phi) is 4.80. The Labute approximate surface area is 154 Å². The van der Waals surface area contributed by atoms with Gasteiger partial charge in [0.15, 0.2) is 6.10 Å². The number of likely N-dealkylation sites (N-methyl/N-ethyl adjacent to an activating group) is 1. The van der Waals surface area contributed by atoms with Gasteiger partial charge in [-0.05, 0) is 23.3 Å². The minimum Gasteiger partial charge on any atom is -0.480 e. The monoisotopic (exact) mass is 352 g/mol. The van der Waals surface area contributed by atoms with Gasteiger partial charge in [0, 0.05) is 38.8 Å². The Balaban J connectivity index is 1.45. The fourth-order valence-corrected chi connectivity index (χ4v) is 3.66. The number of fused-ring (bicyclic) bond motifs is 1. The molecule has 0 radical (unpaired) electrons. The van der Waals surface area contributed by atoms with Crippen LogP contribution in [0.5, 0.6) is 5.75 Å². The molecule has 0 aromatic heterocycles. The molecule has 0 spiro atoms. The molecule has 1 amide bonds. The van der Waals surface area contributed by atoms with Crippen LogP contribution < -0.4 is 9.64 Å². The van der Waals surface area contributed by atoms with Crippen molar-refractivity contribution >= 4 is 11.6 Å². The molecule has 2 aliphatic heterocycles. The molecular weight excluding hydrogens is 328 g/mol. The maximum absolute atomic E-state index is 12.9. The van der Waals surface area contributed by atoms with E-state index in [0.717, 1.165) is 43.2 Å². The first-order chi connectivity index (χ1) is 12.7. The molecule has 4 rings (SSSR count). The lowest BCUT2D eigenvalue weighted by Gasteiger charge is -2.31. The van der Waals surface area contributed by atoms with E-state index in [-0.39, 0.29) is 5.91 Å². The van der Waals surface area contributed by atoms with Crippen molar-refractivity contribution in [3.63, 3.8) is 0 Å². The van der Waals surface area contributed by atoms with Gasteiger partial charge in [-0.25, -0.2) is 0 Å². The van der Waals surface area contributed by atoms with Gasteiger partial charge in [0.05, 0.1) is 13.2 Å². The molecule has 136 valence electrons. The van der Waals surface area contributed by atoms with E-state index >= 15 is 0 Å². The number of para-hydroxylation sites is 2. The molecule has 0 bridgehead atoms. The van der Waals surface area contributed by atoms with E-state index in [1.54, 1.807) is 4.90 Å². The van der Waals surface area contributed by atoms with Crippen LogP contribution in [0.15, 0.2) is 48.5 Å². The van der Waals surface area contributed by atoms with E-state index in [2.05, 4.69) is 17.0 Å². The van der Waals surface area contributed by atoms with E-state index < -0.39 is 6.10 Å². The first kappa shape index (κ1) is 16.9. The summed E-state index contributed by atoms with van der Waals surface area (Å²) >= 11 is 0. The zero-order valence-electron chi connectivity index (χ0n) is 15.1. The van der Waals surface area contributed by atoms with Gasteiger partial charge in [0.2, 0.25) is 0 Å². The molecule has 26 heavy (non-hydrogen) atoms. The summed E-state index contributed by atoms with van der Waals surface area (Å²) in [6.07, 6.45) is 0.220. The number of anilines is 1. The largest absolute Gasteiger partial charge is 0.480 e. The third kappa shape index (κ3) is 3.40. The Morgan fingerprint density at radius 3 is 2.65 bits per heavy atom. The van der Waals surface area contributed by atoms with Crippen molar-refractivity contribution in [3.8, 4) is 5.75 Å². The predicted octanol–water partition coefficient (Wildman–Crippen LogP) is 2.49. The number of rotatable bonds is 4. The fourth-order valence-electron chi connectivity index (χ4n) is 3.66. The van der Waals surface area contributed by atoms with Gasteiger partial charge in [-0.3, -0.25) is 4.79 Å². The van der Waals surface area contributed by atoms with E-state index in [1.807, 2.05) is 43.4 Å². The average molecular weight is 352 g/mol. The maximum Gasteiger partial charge on any atom is 0.264 e. The quantitative estimate of drug-likeness (QED) is 0.848. The third-order valence-corrected chi connectivity index (χ3v) is 5.05. The van der Waals surface area contributed by atoms with E-state index in [9.17, 15) is 4.79 Å². The van der Waals surface area contributed by atoms with Gasteiger partial charge in [-0.1, -0.05) is 36.4 Å². The highest BCUT2D eigenvalue weighted by Gasteiger charge is 2.31. The standard InChI is InChI=1S/C21H24N2O3/c1-22(21(24)20-14-16-6-3-5-9-19(16)26-20)15-17-7-2-4-8-18(17)23-10-12-25-13-11-23/h2-9,20H,10-15H2,1H3. The molecule has 2 aromatic carbocycles. The second-order valence-corrected chi connectivity index (χ2v) is 6.84. The van der Waals surface area contributed by atoms with E-state index in [4.69, 9.17) is 9.47 Å². The minimum absolute atomic E-state index is 0.0259. The zero-order valence-corrected chi connectivity index (χ0v) is 15.1. The summed E-state index contributed by atoms with van der Waals surface area (Å²) in [6.45, 7) is 3.84. The van der Waals surface area contributed by atoms with Crippen LogP contribution >= 0.6 is 0 Å². The van der Waals surface area contributed by atoms with Gasteiger partial charge >= 0.3 is 0 Å². The molecule has 0 aliphatic carbocycles. The van der Waals surface area contributed by atoms with E-state index in [1.165, 1.54) is 5.69 Å². The molecule has 1 fully saturated rings. The van der Waals surface area contributed by atoms with Gasteiger partial charge in [0.1, 0.15) is 5.75 Å². The Morgan fingerprint density at radius 2 is 1.85 bits per heavy atom. The topological polar surface area (TPSA) is 42.0 Å². The Morgan fingerprint density at radius 1 is 1.12 bits per heavy atom. The van der Waals surface area contributed by atoms with Crippen LogP contribution in [-0.4, -0.2) is 50.3 Å². The van der Waals surface area contributed by atoms with Gasteiger partial charge in [0.25, 0.3) is 5.91 Å². The van der Waals surface area contributed by atoms with Crippen LogP contribution in [0.3, 0.4) is 0 Å². The molecule has 2 aromatic rings. The summed E-state index contributed by atoms with van der Waals surface area (Å²) in [6, 6.07) is 16.2. The summed E-state index contributed by atoms with van der Waals surface area (Å²) in [5.74, 6) is 0.853. The molecule has 1 saturated heterocycles. The molecule has 1 atom stereocenters. The second kappa shape index (κ2) is 7.38. The number of ether oxygens (including phenoxy) is 2. The van der Waals surface area contributed by atoms with Crippen molar-refractivity contribution in [2.45, 2.75) is 19.1 Å². The highest BCUT2D eigenvalue weighted by Crippen LogP contribution is 2.29. The third-order valence-electron chi connectivity index (χ3n) is 5.05. The highest BCUT2D eigenvalue weighted by molar-refractivity contribution is 5.82. The predicted molar refractivity (Wildman–Crippen MR) is 101 cm³/mol. The van der Waals surface area contributed by atoms with E-state index in [0.29, 0.717) is 13.0 Å². The SMILES string of the molecule is CN(Cc1ccccc1N1CCOCC1)C(=O)C1Cc2ccccc2O1. The Hall–Kier alpha value is -2.53. The van der Waals surface area contributed by atoms with Crippen LogP contribution in [0.4, 0.5) is 5.69 Å². The number of hydrogen-bond donors (Lipinski definition) is 0. The smallest absolute Gasteiger partial charge is 0.264 e. The van der Waals surface area contributed by atoms with Crippen LogP contribution in [0.2, 0.25) is 0 Å². The molecule has 0 saturated carbocycles. The molecular formula is C21H24N2O3. The summed E-state index contributed by atoms with van der Waals surface area (Å²) in [5, 5.41) is 0. The van der Waals surface area contributed by atoms with Crippen molar-refractivity contribution in [2.75, 3.05) is 38.3 Å². The number of hydrogen-bond acceptors (Lipinski definition) is 4. The fraction of sp³-hybridized carbons (Fsp3) is 0.381. The molecule has 0 N–H and O–H groups in total. The number of amides is 1. The number of morpholine rings is 1. The lowest BCUT2D eigenvalue weighted by Crippen LogP contribution is -2.40. The van der Waals surface area contributed by atoms with Crippen molar-refractivity contribution in [1.82, 2.24) is 4.90 Å². The number of carbonyl (C=O) groups is 1. The van der Waals surface area contributed by atoms with Crippen LogP contribution in [0.25, 0.3) is 0 Å². The average Bonchev–Trinajstić information content (AvgIpc) is 3.12. The molecule has 5 heteroatoms. The number of nitrogens with zero attached hydrogens (tertiary/aromatic N) is 2. The van der Waals surface area contributed by atoms with Crippen LogP contribution in [0, 0.1) is 0 Å². The Bertz CT molecular complexity index is 761. The van der Waals surface area contributed by atoms with Crippen LogP contribution in [0.1, 0.15) is 11.1 Å². The number of carbonyl (C=O) groups excluding carboxylic acids is 1.